The van der Waals surface area contributed by atoms with Gasteiger partial charge < -0.3 is 20.1 Å². The van der Waals surface area contributed by atoms with Crippen LogP contribution in [0.25, 0.3) is 0 Å². The van der Waals surface area contributed by atoms with Crippen molar-refractivity contribution < 1.29 is 18.7 Å². The van der Waals surface area contributed by atoms with Crippen LogP contribution in [-0.2, 0) is 11.3 Å². The van der Waals surface area contributed by atoms with Gasteiger partial charge in [0.2, 0.25) is 0 Å². The van der Waals surface area contributed by atoms with Gasteiger partial charge in [0.25, 0.3) is 0 Å². The Kier molecular flexibility index (Phi) is 5.82. The summed E-state index contributed by atoms with van der Waals surface area (Å²) in [5.74, 6) is 0.349. The Morgan fingerprint density at radius 2 is 2.09 bits per heavy atom. The molecule has 0 spiro atoms. The molecule has 6 heteroatoms. The quantitative estimate of drug-likeness (QED) is 0.757. The number of rotatable bonds is 7. The van der Waals surface area contributed by atoms with E-state index in [0.29, 0.717) is 31.5 Å². The number of halogens is 1. The van der Waals surface area contributed by atoms with E-state index in [2.05, 4.69) is 10.6 Å². The van der Waals surface area contributed by atoms with Crippen LogP contribution in [0.5, 0.6) is 5.75 Å². The van der Waals surface area contributed by atoms with Gasteiger partial charge in [-0.25, -0.2) is 9.18 Å². The van der Waals surface area contributed by atoms with Crippen LogP contribution in [0, 0.1) is 5.82 Å². The molecule has 2 N–H and O–H groups in total. The third kappa shape index (κ3) is 6.86. The van der Waals surface area contributed by atoms with Gasteiger partial charge in [-0.05, 0) is 51.8 Å². The molecule has 1 aromatic carbocycles. The van der Waals surface area contributed by atoms with Crippen LogP contribution in [0.4, 0.5) is 9.18 Å². The minimum Gasteiger partial charge on any atom is -0.491 e. The molecule has 0 aliphatic heterocycles. The topological polar surface area (TPSA) is 59.6 Å². The molecule has 1 aliphatic carbocycles. The van der Waals surface area contributed by atoms with Crippen molar-refractivity contribution in [1.82, 2.24) is 10.6 Å². The maximum atomic E-state index is 13.4. The molecule has 1 amide bonds. The number of hydrogen-bond donors (Lipinski definition) is 2. The van der Waals surface area contributed by atoms with Crippen molar-refractivity contribution in [2.75, 3.05) is 13.2 Å². The normalized spacial score (nSPS) is 14.4. The molecule has 0 heterocycles. The average molecular weight is 324 g/mol. The highest BCUT2D eigenvalue weighted by Crippen LogP contribution is 2.23. The summed E-state index contributed by atoms with van der Waals surface area (Å²) in [5.41, 5.74) is 0.262. The lowest BCUT2D eigenvalue weighted by molar-refractivity contribution is 0.0520. The standard InChI is InChI=1S/C17H25FN2O3/c1-17(2,3)23-16(21)19-8-9-22-15-7-4-13(18)10-12(15)11-20-14-5-6-14/h4,7,10,14,20H,5-6,8-9,11H2,1-3H3,(H,19,21). The van der Waals surface area contributed by atoms with Gasteiger partial charge >= 0.3 is 6.09 Å². The van der Waals surface area contributed by atoms with Crippen molar-refractivity contribution >= 4 is 6.09 Å². The number of hydrogen-bond acceptors (Lipinski definition) is 4. The molecule has 0 aromatic heterocycles. The van der Waals surface area contributed by atoms with E-state index in [9.17, 15) is 9.18 Å². The van der Waals surface area contributed by atoms with Crippen LogP contribution in [-0.4, -0.2) is 30.9 Å². The van der Waals surface area contributed by atoms with Gasteiger partial charge in [0.05, 0.1) is 6.54 Å². The van der Waals surface area contributed by atoms with Gasteiger partial charge in [-0.3, -0.25) is 0 Å². The number of amides is 1. The second-order valence-electron chi connectivity index (χ2n) is 6.68. The average Bonchev–Trinajstić information content (AvgIpc) is 3.25. The molecule has 23 heavy (non-hydrogen) atoms. The van der Waals surface area contributed by atoms with Crippen LogP contribution in [0.2, 0.25) is 0 Å². The number of ether oxygens (including phenoxy) is 2. The largest absolute Gasteiger partial charge is 0.491 e. The molecular formula is C17H25FN2O3. The lowest BCUT2D eigenvalue weighted by atomic mass is 10.2. The van der Waals surface area contributed by atoms with Crippen LogP contribution >= 0.6 is 0 Å². The van der Waals surface area contributed by atoms with E-state index in [1.165, 1.54) is 25.0 Å². The Hall–Kier alpha value is -1.82. The van der Waals surface area contributed by atoms with E-state index in [1.807, 2.05) is 0 Å². The lowest BCUT2D eigenvalue weighted by Crippen LogP contribution is -2.34. The van der Waals surface area contributed by atoms with Crippen molar-refractivity contribution in [1.29, 1.82) is 0 Å². The van der Waals surface area contributed by atoms with Crippen LogP contribution in [0.15, 0.2) is 18.2 Å². The van der Waals surface area contributed by atoms with E-state index in [1.54, 1.807) is 26.8 Å². The van der Waals surface area contributed by atoms with Crippen molar-refractivity contribution in [2.45, 2.75) is 51.8 Å². The summed E-state index contributed by atoms with van der Waals surface area (Å²) in [5, 5.41) is 5.96. The zero-order valence-electron chi connectivity index (χ0n) is 13.9. The molecule has 5 nitrogen and oxygen atoms in total. The maximum absolute atomic E-state index is 13.4. The number of benzene rings is 1. The number of carbonyl (C=O) groups excluding carboxylic acids is 1. The van der Waals surface area contributed by atoms with Crippen LogP contribution < -0.4 is 15.4 Å². The molecular weight excluding hydrogens is 299 g/mol. The summed E-state index contributed by atoms with van der Waals surface area (Å²) < 4.78 is 24.2. The Balaban J connectivity index is 1.77. The zero-order chi connectivity index (χ0) is 16.9. The molecule has 0 atom stereocenters. The predicted octanol–water partition coefficient (Wildman–Crippen LogP) is 2.98. The Morgan fingerprint density at radius 1 is 1.35 bits per heavy atom. The molecule has 1 aromatic rings. The second-order valence-corrected chi connectivity index (χ2v) is 6.68. The van der Waals surface area contributed by atoms with Crippen molar-refractivity contribution in [3.8, 4) is 5.75 Å². The highest BCUT2D eigenvalue weighted by Gasteiger charge is 2.21. The van der Waals surface area contributed by atoms with Gasteiger partial charge in [0.1, 0.15) is 23.8 Å². The Morgan fingerprint density at radius 3 is 2.74 bits per heavy atom. The first-order valence-electron chi connectivity index (χ1n) is 7.95. The van der Waals surface area contributed by atoms with Gasteiger partial charge in [-0.15, -0.1) is 0 Å². The summed E-state index contributed by atoms with van der Waals surface area (Å²) in [6.07, 6.45) is 1.87. The molecule has 0 unspecified atom stereocenters. The Bertz CT molecular complexity index is 539. The van der Waals surface area contributed by atoms with Crippen LogP contribution in [0.3, 0.4) is 0 Å². The van der Waals surface area contributed by atoms with E-state index in [-0.39, 0.29) is 5.82 Å². The van der Waals surface area contributed by atoms with Gasteiger partial charge in [-0.2, -0.15) is 0 Å². The SMILES string of the molecule is CC(C)(C)OC(=O)NCCOc1ccc(F)cc1CNC1CC1. The fraction of sp³-hybridized carbons (Fsp3) is 0.588. The molecule has 1 aliphatic rings. The van der Waals surface area contributed by atoms with E-state index >= 15 is 0 Å². The number of nitrogens with one attached hydrogen (secondary N) is 2. The van der Waals surface area contributed by atoms with Gasteiger partial charge in [-0.1, -0.05) is 0 Å². The third-order valence-electron chi connectivity index (χ3n) is 3.21. The number of carbonyl (C=O) groups is 1. The monoisotopic (exact) mass is 324 g/mol. The van der Waals surface area contributed by atoms with E-state index in [4.69, 9.17) is 9.47 Å². The van der Waals surface area contributed by atoms with Crippen molar-refractivity contribution in [3.05, 3.63) is 29.6 Å². The minimum absolute atomic E-state index is 0.281. The van der Waals surface area contributed by atoms with Crippen LogP contribution in [0.1, 0.15) is 39.2 Å². The molecule has 128 valence electrons. The van der Waals surface area contributed by atoms with Crippen molar-refractivity contribution in [3.63, 3.8) is 0 Å². The highest BCUT2D eigenvalue weighted by molar-refractivity contribution is 5.67. The van der Waals surface area contributed by atoms with Gasteiger partial charge in [0.15, 0.2) is 0 Å². The smallest absolute Gasteiger partial charge is 0.407 e. The van der Waals surface area contributed by atoms with E-state index in [0.717, 1.165) is 5.56 Å². The number of alkyl carbamates (subject to hydrolysis) is 1. The third-order valence-corrected chi connectivity index (χ3v) is 3.21. The van der Waals surface area contributed by atoms with Crippen molar-refractivity contribution in [2.24, 2.45) is 0 Å². The summed E-state index contributed by atoms with van der Waals surface area (Å²) in [6, 6.07) is 5.01. The van der Waals surface area contributed by atoms with E-state index < -0.39 is 11.7 Å². The highest BCUT2D eigenvalue weighted by atomic mass is 19.1. The molecule has 0 radical (unpaired) electrons. The van der Waals surface area contributed by atoms with Gasteiger partial charge in [0, 0.05) is 18.2 Å². The molecule has 1 fully saturated rings. The molecule has 2 rings (SSSR count). The first kappa shape index (κ1) is 17.5. The summed E-state index contributed by atoms with van der Waals surface area (Å²) in [7, 11) is 0. The summed E-state index contributed by atoms with van der Waals surface area (Å²) in [4.78, 5) is 11.5. The summed E-state index contributed by atoms with van der Waals surface area (Å²) in [6.45, 7) is 6.61. The first-order chi connectivity index (χ1) is 10.8. The zero-order valence-corrected chi connectivity index (χ0v) is 13.9. The molecule has 1 saturated carbocycles. The summed E-state index contributed by atoms with van der Waals surface area (Å²) >= 11 is 0. The molecule has 0 saturated heterocycles. The Labute approximate surface area is 136 Å². The fourth-order valence-electron chi connectivity index (χ4n) is 2.00. The minimum atomic E-state index is -0.524. The fourth-order valence-corrected chi connectivity index (χ4v) is 2.00. The predicted molar refractivity (Wildman–Crippen MR) is 86.0 cm³/mol. The second kappa shape index (κ2) is 7.64. The lowest BCUT2D eigenvalue weighted by Gasteiger charge is -2.19. The molecule has 0 bridgehead atoms. The maximum Gasteiger partial charge on any atom is 0.407 e. The first-order valence-corrected chi connectivity index (χ1v) is 7.95.